The molecule has 0 amide bonds. The summed E-state index contributed by atoms with van der Waals surface area (Å²) in [6.45, 7) is 2.51. The van der Waals surface area contributed by atoms with Gasteiger partial charge in [0.25, 0.3) is 0 Å². The zero-order valence-corrected chi connectivity index (χ0v) is 11.5. The van der Waals surface area contributed by atoms with Gasteiger partial charge in [-0.15, -0.1) is 0 Å². The molecule has 0 saturated heterocycles. The summed E-state index contributed by atoms with van der Waals surface area (Å²) < 4.78 is 4.75. The topological polar surface area (TPSA) is 87.1 Å². The Labute approximate surface area is 116 Å². The highest BCUT2D eigenvalue weighted by atomic mass is 35.5. The van der Waals surface area contributed by atoms with Crippen molar-refractivity contribution in [3.63, 3.8) is 0 Å². The van der Waals surface area contributed by atoms with Crippen LogP contribution in [-0.2, 0) is 9.53 Å². The van der Waals surface area contributed by atoms with Crippen LogP contribution in [0, 0.1) is 6.92 Å². The van der Waals surface area contributed by atoms with Gasteiger partial charge in [-0.2, -0.15) is 0 Å². The van der Waals surface area contributed by atoms with Crippen molar-refractivity contribution in [2.24, 2.45) is 5.11 Å². The molecule has 0 saturated carbocycles. The Kier molecular flexibility index (Phi) is 6.15. The Bertz CT molecular complexity index is 501. The molecule has 0 bridgehead atoms. The molecule has 1 unspecified atom stereocenters. The maximum atomic E-state index is 11.7. The normalized spacial score (nSPS) is 11.5. The van der Waals surface area contributed by atoms with Crippen LogP contribution in [0.2, 0.25) is 5.02 Å². The number of esters is 1. The highest BCUT2D eigenvalue weighted by Crippen LogP contribution is 2.22. The van der Waals surface area contributed by atoms with E-state index in [1.165, 1.54) is 7.11 Å². The molecule has 0 heterocycles. The average Bonchev–Trinajstić information content (AvgIpc) is 2.41. The number of hydrogen-bond acceptors (Lipinski definition) is 4. The van der Waals surface area contributed by atoms with E-state index >= 15 is 0 Å². The number of halogens is 1. The monoisotopic (exact) mass is 282 g/mol. The standard InChI is InChI=1S/C12H15ClN4O2/c1-8-3-4-9(7-10(8)13)11(12(18)19-2)15-5-6-16-17-14/h3-4,7,11,15H,5-6H2,1-2H3. The third-order valence-corrected chi connectivity index (χ3v) is 3.00. The molecule has 19 heavy (non-hydrogen) atoms. The number of rotatable bonds is 6. The first-order valence-electron chi connectivity index (χ1n) is 5.68. The molecule has 102 valence electrons. The average molecular weight is 283 g/mol. The molecular formula is C12H15ClN4O2. The predicted molar refractivity (Wildman–Crippen MR) is 73.0 cm³/mol. The maximum absolute atomic E-state index is 11.7. The molecule has 0 aromatic heterocycles. The van der Waals surface area contributed by atoms with Crippen molar-refractivity contribution in [2.75, 3.05) is 20.2 Å². The first-order valence-corrected chi connectivity index (χ1v) is 6.06. The van der Waals surface area contributed by atoms with Crippen LogP contribution in [0.4, 0.5) is 0 Å². The van der Waals surface area contributed by atoms with E-state index in [1.807, 2.05) is 19.1 Å². The molecule has 0 aliphatic heterocycles. The van der Waals surface area contributed by atoms with E-state index in [1.54, 1.807) is 6.07 Å². The van der Waals surface area contributed by atoms with Crippen LogP contribution in [-0.4, -0.2) is 26.2 Å². The lowest BCUT2D eigenvalue weighted by Crippen LogP contribution is -2.31. The van der Waals surface area contributed by atoms with Crippen LogP contribution in [0.25, 0.3) is 10.4 Å². The summed E-state index contributed by atoms with van der Waals surface area (Å²) in [5, 5.41) is 6.95. The Morgan fingerprint density at radius 3 is 2.95 bits per heavy atom. The van der Waals surface area contributed by atoms with E-state index in [9.17, 15) is 4.79 Å². The summed E-state index contributed by atoms with van der Waals surface area (Å²) in [5.41, 5.74) is 9.84. The lowest BCUT2D eigenvalue weighted by Gasteiger charge is -2.17. The molecule has 6 nitrogen and oxygen atoms in total. The molecule has 1 aromatic carbocycles. The van der Waals surface area contributed by atoms with Gasteiger partial charge in [0.05, 0.1) is 7.11 Å². The van der Waals surface area contributed by atoms with Gasteiger partial charge in [-0.25, -0.2) is 4.79 Å². The lowest BCUT2D eigenvalue weighted by atomic mass is 10.1. The van der Waals surface area contributed by atoms with Crippen molar-refractivity contribution in [3.05, 3.63) is 44.8 Å². The van der Waals surface area contributed by atoms with Gasteiger partial charge in [0.2, 0.25) is 0 Å². The van der Waals surface area contributed by atoms with E-state index in [2.05, 4.69) is 15.3 Å². The van der Waals surface area contributed by atoms with Gasteiger partial charge in [0.15, 0.2) is 0 Å². The molecule has 0 aliphatic carbocycles. The molecule has 0 aliphatic rings. The smallest absolute Gasteiger partial charge is 0.327 e. The molecule has 1 N–H and O–H groups in total. The van der Waals surface area contributed by atoms with Crippen LogP contribution in [0.1, 0.15) is 17.2 Å². The van der Waals surface area contributed by atoms with E-state index in [0.29, 0.717) is 17.1 Å². The number of ether oxygens (including phenoxy) is 1. The SMILES string of the molecule is COC(=O)C(NCCN=[N+]=[N-])c1ccc(C)c(Cl)c1. The van der Waals surface area contributed by atoms with E-state index in [0.717, 1.165) is 5.56 Å². The minimum atomic E-state index is -0.628. The van der Waals surface area contributed by atoms with Crippen molar-refractivity contribution in [1.82, 2.24) is 5.32 Å². The molecule has 1 rings (SSSR count). The second-order valence-electron chi connectivity index (χ2n) is 3.87. The molecule has 0 spiro atoms. The first-order chi connectivity index (χ1) is 9.10. The summed E-state index contributed by atoms with van der Waals surface area (Å²) in [5.74, 6) is -0.416. The van der Waals surface area contributed by atoms with Crippen molar-refractivity contribution >= 4 is 17.6 Å². The summed E-state index contributed by atoms with van der Waals surface area (Å²) in [4.78, 5) is 14.4. The largest absolute Gasteiger partial charge is 0.468 e. The second-order valence-corrected chi connectivity index (χ2v) is 4.28. The van der Waals surface area contributed by atoms with Crippen molar-refractivity contribution in [1.29, 1.82) is 0 Å². The summed E-state index contributed by atoms with van der Waals surface area (Å²) >= 11 is 6.04. The fourth-order valence-corrected chi connectivity index (χ4v) is 1.74. The molecule has 1 aromatic rings. The molecular weight excluding hydrogens is 268 g/mol. The predicted octanol–water partition coefficient (Wildman–Crippen LogP) is 2.76. The molecule has 7 heteroatoms. The lowest BCUT2D eigenvalue weighted by molar-refractivity contribution is -0.143. The van der Waals surface area contributed by atoms with Gasteiger partial charge in [0, 0.05) is 23.0 Å². The number of nitrogens with one attached hydrogen (secondary N) is 1. The Balaban J connectivity index is 2.86. The Hall–Kier alpha value is -1.75. The van der Waals surface area contributed by atoms with E-state index in [4.69, 9.17) is 21.9 Å². The van der Waals surface area contributed by atoms with Crippen LogP contribution in [0.15, 0.2) is 23.3 Å². The second kappa shape index (κ2) is 7.63. The molecule has 0 radical (unpaired) electrons. The number of nitrogens with zero attached hydrogens (tertiary/aromatic N) is 3. The van der Waals surface area contributed by atoms with Crippen molar-refractivity contribution in [2.45, 2.75) is 13.0 Å². The van der Waals surface area contributed by atoms with Crippen molar-refractivity contribution in [3.8, 4) is 0 Å². The third-order valence-electron chi connectivity index (χ3n) is 2.59. The minimum absolute atomic E-state index is 0.254. The van der Waals surface area contributed by atoms with Crippen LogP contribution < -0.4 is 5.32 Å². The van der Waals surface area contributed by atoms with Gasteiger partial charge in [-0.3, -0.25) is 0 Å². The van der Waals surface area contributed by atoms with Crippen LogP contribution in [0.3, 0.4) is 0 Å². The number of hydrogen-bond donors (Lipinski definition) is 1. The van der Waals surface area contributed by atoms with Gasteiger partial charge in [-0.1, -0.05) is 28.8 Å². The minimum Gasteiger partial charge on any atom is -0.468 e. The van der Waals surface area contributed by atoms with Gasteiger partial charge < -0.3 is 10.1 Å². The summed E-state index contributed by atoms with van der Waals surface area (Å²) in [7, 11) is 1.32. The van der Waals surface area contributed by atoms with Gasteiger partial charge in [0.1, 0.15) is 6.04 Å². The zero-order valence-electron chi connectivity index (χ0n) is 10.8. The zero-order chi connectivity index (χ0) is 14.3. The fraction of sp³-hybridized carbons (Fsp3) is 0.417. The highest BCUT2D eigenvalue weighted by Gasteiger charge is 2.20. The van der Waals surface area contributed by atoms with E-state index in [-0.39, 0.29) is 6.54 Å². The first kappa shape index (κ1) is 15.3. The van der Waals surface area contributed by atoms with Crippen molar-refractivity contribution < 1.29 is 9.53 Å². The van der Waals surface area contributed by atoms with Crippen LogP contribution in [0.5, 0.6) is 0 Å². The number of aryl methyl sites for hydroxylation is 1. The number of carbonyl (C=O) groups excluding carboxylic acids is 1. The Morgan fingerprint density at radius 2 is 2.37 bits per heavy atom. The number of azide groups is 1. The molecule has 0 fully saturated rings. The van der Waals surface area contributed by atoms with Crippen LogP contribution >= 0.6 is 11.6 Å². The van der Waals surface area contributed by atoms with Gasteiger partial charge >= 0.3 is 5.97 Å². The van der Waals surface area contributed by atoms with Gasteiger partial charge in [-0.05, 0) is 29.6 Å². The highest BCUT2D eigenvalue weighted by molar-refractivity contribution is 6.31. The fourth-order valence-electron chi connectivity index (χ4n) is 1.55. The Morgan fingerprint density at radius 1 is 1.63 bits per heavy atom. The number of methoxy groups -OCH3 is 1. The molecule has 1 atom stereocenters. The van der Waals surface area contributed by atoms with E-state index < -0.39 is 12.0 Å². The summed E-state index contributed by atoms with van der Waals surface area (Å²) in [6, 6.07) is 4.74. The third kappa shape index (κ3) is 4.44. The summed E-state index contributed by atoms with van der Waals surface area (Å²) in [6.07, 6.45) is 0. The quantitative estimate of drug-likeness (QED) is 0.286. The number of carbonyl (C=O) groups is 1. The maximum Gasteiger partial charge on any atom is 0.327 e. The number of benzene rings is 1.